The molecule has 0 atom stereocenters. The number of nitrogens with two attached hydrogens (primary N) is 1. The van der Waals surface area contributed by atoms with Gasteiger partial charge in [-0.1, -0.05) is 44.2 Å². The van der Waals surface area contributed by atoms with Gasteiger partial charge >= 0.3 is 0 Å². The van der Waals surface area contributed by atoms with E-state index in [0.717, 1.165) is 29.8 Å². The normalized spacial score (nSPS) is 10.3. The number of hydrogen-bond acceptors (Lipinski definition) is 3. The number of halogens is 2. The average molecular weight is 370 g/mol. The second kappa shape index (κ2) is 10.3. The van der Waals surface area contributed by atoms with Crippen LogP contribution in [0.5, 0.6) is 0 Å². The van der Waals surface area contributed by atoms with Gasteiger partial charge in [0.15, 0.2) is 0 Å². The van der Waals surface area contributed by atoms with Crippen molar-refractivity contribution in [3.8, 4) is 11.3 Å². The Kier molecular flexibility index (Phi) is 9.59. The second-order valence-corrected chi connectivity index (χ2v) is 5.44. The maximum Gasteiger partial charge on any atom is 0.231 e. The summed E-state index contributed by atoms with van der Waals surface area (Å²) in [7, 11) is 0. The number of nitrogens with one attached hydrogen (secondary N) is 1. The summed E-state index contributed by atoms with van der Waals surface area (Å²) in [5.74, 6) is -0.0230. The molecule has 1 aromatic carbocycles. The van der Waals surface area contributed by atoms with E-state index in [2.05, 4.69) is 10.3 Å². The van der Waals surface area contributed by atoms with Gasteiger partial charge in [0.2, 0.25) is 5.91 Å². The van der Waals surface area contributed by atoms with Crippen LogP contribution in [-0.4, -0.2) is 17.4 Å². The third kappa shape index (κ3) is 4.94. The van der Waals surface area contributed by atoms with Gasteiger partial charge in [0.25, 0.3) is 0 Å². The predicted octanol–water partition coefficient (Wildman–Crippen LogP) is 4.30. The smallest absolute Gasteiger partial charge is 0.231 e. The van der Waals surface area contributed by atoms with E-state index in [1.165, 1.54) is 0 Å². The third-order valence-electron chi connectivity index (χ3n) is 4.31. The van der Waals surface area contributed by atoms with Crippen molar-refractivity contribution in [1.82, 2.24) is 4.98 Å². The first kappa shape index (κ1) is 22.4. The van der Waals surface area contributed by atoms with Crippen LogP contribution in [0.3, 0.4) is 0 Å². The number of aromatic nitrogens is 1. The first-order valence-electron chi connectivity index (χ1n) is 7.68. The Labute approximate surface area is 156 Å². The topological polar surface area (TPSA) is 68.0 Å². The van der Waals surface area contributed by atoms with E-state index in [1.807, 2.05) is 50.2 Å². The molecule has 1 amide bonds. The molecule has 1 heterocycles. The van der Waals surface area contributed by atoms with Gasteiger partial charge in [-0.15, -0.1) is 24.8 Å². The third-order valence-corrected chi connectivity index (χ3v) is 4.31. The van der Waals surface area contributed by atoms with E-state index < -0.39 is 5.41 Å². The molecular formula is C18H25Cl2N3O. The van der Waals surface area contributed by atoms with Crippen molar-refractivity contribution < 1.29 is 4.79 Å². The molecule has 0 aliphatic rings. The van der Waals surface area contributed by atoms with Crippen molar-refractivity contribution >= 4 is 36.4 Å². The number of benzene rings is 1. The van der Waals surface area contributed by atoms with E-state index in [-0.39, 0.29) is 30.7 Å². The largest absolute Gasteiger partial charge is 0.329 e. The van der Waals surface area contributed by atoms with Gasteiger partial charge < -0.3 is 11.1 Å². The zero-order chi connectivity index (χ0) is 16.0. The fraction of sp³-hybridized carbons (Fsp3) is 0.333. The SMILES string of the molecule is CCC(CC)(CN)C(=O)Nc1ccnc(-c2ccccc2)c1.Cl.Cl. The molecule has 0 bridgehead atoms. The number of carbonyl (C=O) groups is 1. The van der Waals surface area contributed by atoms with Gasteiger partial charge in [0.1, 0.15) is 0 Å². The Morgan fingerprint density at radius 2 is 1.75 bits per heavy atom. The quantitative estimate of drug-likeness (QED) is 0.797. The molecule has 24 heavy (non-hydrogen) atoms. The fourth-order valence-electron chi connectivity index (χ4n) is 2.49. The van der Waals surface area contributed by atoms with Crippen molar-refractivity contribution in [2.75, 3.05) is 11.9 Å². The molecule has 0 aliphatic carbocycles. The van der Waals surface area contributed by atoms with Crippen LogP contribution in [0.1, 0.15) is 26.7 Å². The number of anilines is 1. The molecule has 2 aromatic rings. The molecule has 3 N–H and O–H groups in total. The molecular weight excluding hydrogens is 345 g/mol. The van der Waals surface area contributed by atoms with Gasteiger partial charge in [-0.2, -0.15) is 0 Å². The molecule has 0 fully saturated rings. The summed E-state index contributed by atoms with van der Waals surface area (Å²) in [6.45, 7) is 4.35. The van der Waals surface area contributed by atoms with Crippen molar-refractivity contribution in [2.45, 2.75) is 26.7 Å². The highest BCUT2D eigenvalue weighted by Crippen LogP contribution is 2.27. The van der Waals surface area contributed by atoms with E-state index in [0.29, 0.717) is 6.54 Å². The standard InChI is InChI=1S/C18H23N3O.2ClH/c1-3-18(4-2,13-19)17(22)21-15-10-11-20-16(12-15)14-8-6-5-7-9-14;;/h5-12H,3-4,13,19H2,1-2H3,(H,20,21,22);2*1H. The Morgan fingerprint density at radius 3 is 2.29 bits per heavy atom. The summed E-state index contributed by atoms with van der Waals surface area (Å²) < 4.78 is 0. The number of amides is 1. The lowest BCUT2D eigenvalue weighted by atomic mass is 9.81. The van der Waals surface area contributed by atoms with Crippen molar-refractivity contribution in [2.24, 2.45) is 11.1 Å². The fourth-order valence-corrected chi connectivity index (χ4v) is 2.49. The average Bonchev–Trinajstić information content (AvgIpc) is 2.58. The predicted molar refractivity (Wildman–Crippen MR) is 105 cm³/mol. The van der Waals surface area contributed by atoms with Gasteiger partial charge in [-0.25, -0.2) is 0 Å². The lowest BCUT2D eigenvalue weighted by Crippen LogP contribution is -2.41. The van der Waals surface area contributed by atoms with Gasteiger partial charge in [0.05, 0.1) is 11.1 Å². The Morgan fingerprint density at radius 1 is 1.12 bits per heavy atom. The maximum absolute atomic E-state index is 12.6. The summed E-state index contributed by atoms with van der Waals surface area (Å²) >= 11 is 0. The number of hydrogen-bond donors (Lipinski definition) is 2. The zero-order valence-corrected chi connectivity index (χ0v) is 15.6. The van der Waals surface area contributed by atoms with Gasteiger partial charge in [0, 0.05) is 24.0 Å². The minimum atomic E-state index is -0.504. The second-order valence-electron chi connectivity index (χ2n) is 5.44. The maximum atomic E-state index is 12.6. The van der Waals surface area contributed by atoms with Gasteiger partial charge in [-0.05, 0) is 25.0 Å². The molecule has 0 saturated heterocycles. The van der Waals surface area contributed by atoms with Crippen LogP contribution in [0.15, 0.2) is 48.7 Å². The lowest BCUT2D eigenvalue weighted by molar-refractivity contribution is -0.125. The molecule has 0 unspecified atom stereocenters. The van der Waals surface area contributed by atoms with E-state index in [1.54, 1.807) is 12.3 Å². The van der Waals surface area contributed by atoms with E-state index in [4.69, 9.17) is 5.73 Å². The molecule has 4 nitrogen and oxygen atoms in total. The Balaban J connectivity index is 0.00000264. The van der Waals surface area contributed by atoms with Crippen LogP contribution in [0.25, 0.3) is 11.3 Å². The summed E-state index contributed by atoms with van der Waals surface area (Å²) in [6, 6.07) is 13.6. The first-order valence-corrected chi connectivity index (χ1v) is 7.68. The van der Waals surface area contributed by atoms with Crippen LogP contribution < -0.4 is 11.1 Å². The zero-order valence-electron chi connectivity index (χ0n) is 14.0. The molecule has 0 aliphatic heterocycles. The molecule has 0 saturated carbocycles. The molecule has 0 radical (unpaired) electrons. The summed E-state index contributed by atoms with van der Waals surface area (Å²) in [6.07, 6.45) is 3.16. The molecule has 2 rings (SSSR count). The molecule has 1 aromatic heterocycles. The summed E-state index contributed by atoms with van der Waals surface area (Å²) in [5.41, 5.74) is 7.94. The molecule has 6 heteroatoms. The van der Waals surface area contributed by atoms with Gasteiger partial charge in [-0.3, -0.25) is 9.78 Å². The molecule has 0 spiro atoms. The number of carbonyl (C=O) groups excluding carboxylic acids is 1. The number of nitrogens with zero attached hydrogens (tertiary/aromatic N) is 1. The van der Waals surface area contributed by atoms with Crippen molar-refractivity contribution in [1.29, 1.82) is 0 Å². The highest BCUT2D eigenvalue weighted by molar-refractivity contribution is 5.95. The van der Waals surface area contributed by atoms with E-state index in [9.17, 15) is 4.79 Å². The summed E-state index contributed by atoms with van der Waals surface area (Å²) in [4.78, 5) is 16.9. The highest BCUT2D eigenvalue weighted by atomic mass is 35.5. The van der Waals surface area contributed by atoms with Crippen molar-refractivity contribution in [3.05, 3.63) is 48.7 Å². The minimum Gasteiger partial charge on any atom is -0.329 e. The van der Waals surface area contributed by atoms with Crippen LogP contribution in [0, 0.1) is 5.41 Å². The summed E-state index contributed by atoms with van der Waals surface area (Å²) in [5, 5.41) is 2.99. The van der Waals surface area contributed by atoms with Crippen LogP contribution in [0.4, 0.5) is 5.69 Å². The monoisotopic (exact) mass is 369 g/mol. The Bertz CT molecular complexity index is 623. The van der Waals surface area contributed by atoms with Crippen LogP contribution >= 0.6 is 24.8 Å². The number of pyridine rings is 1. The highest BCUT2D eigenvalue weighted by Gasteiger charge is 2.33. The molecule has 132 valence electrons. The Hall–Kier alpha value is -1.62. The van der Waals surface area contributed by atoms with Crippen LogP contribution in [0.2, 0.25) is 0 Å². The van der Waals surface area contributed by atoms with Crippen LogP contribution in [-0.2, 0) is 4.79 Å². The van der Waals surface area contributed by atoms with E-state index >= 15 is 0 Å². The lowest BCUT2D eigenvalue weighted by Gasteiger charge is -2.28. The first-order chi connectivity index (χ1) is 10.6. The van der Waals surface area contributed by atoms with Crippen molar-refractivity contribution in [3.63, 3.8) is 0 Å². The minimum absolute atomic E-state index is 0. The number of rotatable bonds is 6.